The molecule has 0 aliphatic rings. The number of anilines is 2. The summed E-state index contributed by atoms with van der Waals surface area (Å²) >= 11 is 0. The Morgan fingerprint density at radius 2 is 2.00 bits per heavy atom. The number of carbonyl (C=O) groups is 1. The lowest BCUT2D eigenvalue weighted by atomic mass is 10.1. The molecule has 4 aromatic heterocycles. The van der Waals surface area contributed by atoms with Gasteiger partial charge < -0.3 is 20.2 Å². The van der Waals surface area contributed by atoms with Crippen LogP contribution in [-0.4, -0.2) is 20.7 Å². The average Bonchev–Trinajstić information content (AvgIpc) is 3.31. The van der Waals surface area contributed by atoms with E-state index in [0.29, 0.717) is 36.2 Å². The molecule has 0 radical (unpaired) electrons. The number of nitrogens with one attached hydrogen (secondary N) is 1. The predicted molar refractivity (Wildman–Crippen MR) is 116 cm³/mol. The van der Waals surface area contributed by atoms with E-state index in [0.717, 1.165) is 16.9 Å². The Morgan fingerprint density at radius 1 is 1.06 bits per heavy atom. The van der Waals surface area contributed by atoms with Crippen LogP contribution in [0.3, 0.4) is 0 Å². The van der Waals surface area contributed by atoms with Crippen LogP contribution in [-0.2, 0) is 19.6 Å². The van der Waals surface area contributed by atoms with E-state index in [-0.39, 0.29) is 12.2 Å². The molecule has 0 spiro atoms. The molecule has 0 amide bonds. The van der Waals surface area contributed by atoms with Crippen LogP contribution in [0, 0.1) is 0 Å². The molecule has 4 heterocycles. The minimum atomic E-state index is -0.0841. The second kappa shape index (κ2) is 9.53. The van der Waals surface area contributed by atoms with E-state index in [1.54, 1.807) is 36.9 Å². The largest absolute Gasteiger partial charge is 0.484 e. The lowest BCUT2D eigenvalue weighted by molar-refractivity contribution is 0.0988. The van der Waals surface area contributed by atoms with E-state index >= 15 is 0 Å². The summed E-state index contributed by atoms with van der Waals surface area (Å²) in [7, 11) is 0. The van der Waals surface area contributed by atoms with Crippen molar-refractivity contribution in [2.45, 2.75) is 19.6 Å². The summed E-state index contributed by atoms with van der Waals surface area (Å²) in [4.78, 5) is 25.2. The zero-order chi connectivity index (χ0) is 21.5. The van der Waals surface area contributed by atoms with E-state index < -0.39 is 0 Å². The third-order valence-electron chi connectivity index (χ3n) is 4.53. The second-order valence-electron chi connectivity index (χ2n) is 6.79. The van der Waals surface area contributed by atoms with Crippen molar-refractivity contribution in [2.24, 2.45) is 0 Å². The second-order valence-corrected chi connectivity index (χ2v) is 6.79. The van der Waals surface area contributed by atoms with E-state index in [4.69, 9.17) is 14.9 Å². The summed E-state index contributed by atoms with van der Waals surface area (Å²) < 4.78 is 10.8. The molecule has 0 saturated heterocycles. The van der Waals surface area contributed by atoms with E-state index in [9.17, 15) is 4.79 Å². The van der Waals surface area contributed by atoms with Gasteiger partial charge in [0.2, 0.25) is 0 Å². The summed E-state index contributed by atoms with van der Waals surface area (Å²) in [5, 5.41) is 3.20. The summed E-state index contributed by atoms with van der Waals surface area (Å²) in [5.74, 6) is 1.63. The van der Waals surface area contributed by atoms with E-state index in [2.05, 4.69) is 20.3 Å². The van der Waals surface area contributed by atoms with Crippen LogP contribution in [0.5, 0.6) is 5.75 Å². The molecule has 0 aliphatic carbocycles. The van der Waals surface area contributed by atoms with Gasteiger partial charge in [0, 0.05) is 18.8 Å². The predicted octanol–water partition coefficient (Wildman–Crippen LogP) is 3.66. The van der Waals surface area contributed by atoms with E-state index in [1.807, 2.05) is 30.3 Å². The molecule has 4 rings (SSSR count). The Labute approximate surface area is 179 Å². The molecular formula is C23H21N5O3. The quantitative estimate of drug-likeness (QED) is 0.398. The topological polar surface area (TPSA) is 116 Å². The number of ether oxygens (including phenoxy) is 1. The molecule has 0 unspecified atom stereocenters. The third kappa shape index (κ3) is 5.45. The first-order chi connectivity index (χ1) is 15.2. The first-order valence-electron chi connectivity index (χ1n) is 9.70. The lowest BCUT2D eigenvalue weighted by Gasteiger charge is -2.09. The van der Waals surface area contributed by atoms with Crippen molar-refractivity contribution in [3.8, 4) is 5.75 Å². The third-order valence-corrected chi connectivity index (χ3v) is 4.53. The molecule has 156 valence electrons. The summed E-state index contributed by atoms with van der Waals surface area (Å²) in [6.07, 6.45) is 6.68. The summed E-state index contributed by atoms with van der Waals surface area (Å²) in [6.45, 7) is 0.776. The highest BCUT2D eigenvalue weighted by Gasteiger charge is 2.10. The number of Topliss-reactive ketones (excluding diaryl/α,β-unsaturated/α-hetero) is 1. The number of furan rings is 1. The van der Waals surface area contributed by atoms with Crippen LogP contribution in [0.2, 0.25) is 0 Å². The normalized spacial score (nSPS) is 10.6. The van der Waals surface area contributed by atoms with Gasteiger partial charge in [-0.1, -0.05) is 0 Å². The van der Waals surface area contributed by atoms with Crippen molar-refractivity contribution >= 4 is 17.3 Å². The van der Waals surface area contributed by atoms with Gasteiger partial charge in [0.15, 0.2) is 5.78 Å². The van der Waals surface area contributed by atoms with Gasteiger partial charge in [-0.3, -0.25) is 9.78 Å². The van der Waals surface area contributed by atoms with Gasteiger partial charge in [-0.05, 0) is 54.1 Å². The van der Waals surface area contributed by atoms with Crippen LogP contribution >= 0.6 is 0 Å². The Kier molecular flexibility index (Phi) is 6.18. The van der Waals surface area contributed by atoms with E-state index in [1.165, 1.54) is 6.20 Å². The zero-order valence-corrected chi connectivity index (χ0v) is 16.7. The van der Waals surface area contributed by atoms with Gasteiger partial charge in [0.25, 0.3) is 0 Å². The molecule has 0 saturated carbocycles. The Hall–Kier alpha value is -4.20. The number of carbonyl (C=O) groups excluding carboxylic acids is 1. The first-order valence-corrected chi connectivity index (χ1v) is 9.70. The number of nitrogens with two attached hydrogens (primary N) is 1. The van der Waals surface area contributed by atoms with Gasteiger partial charge in [-0.15, -0.1) is 0 Å². The zero-order valence-electron chi connectivity index (χ0n) is 16.7. The molecule has 8 nitrogen and oxygen atoms in total. The van der Waals surface area contributed by atoms with Gasteiger partial charge >= 0.3 is 0 Å². The Morgan fingerprint density at radius 3 is 2.77 bits per heavy atom. The molecule has 0 bridgehead atoms. The molecule has 4 aromatic rings. The molecule has 31 heavy (non-hydrogen) atoms. The molecule has 0 aliphatic heterocycles. The molecule has 3 N–H and O–H groups in total. The number of hydrogen-bond acceptors (Lipinski definition) is 8. The lowest BCUT2D eigenvalue weighted by Crippen LogP contribution is -2.08. The number of rotatable bonds is 9. The highest BCUT2D eigenvalue weighted by molar-refractivity contribution is 5.95. The average molecular weight is 415 g/mol. The van der Waals surface area contributed by atoms with Crippen molar-refractivity contribution in [1.82, 2.24) is 15.0 Å². The monoisotopic (exact) mass is 415 g/mol. The number of ketones is 1. The number of hydrogen-bond donors (Lipinski definition) is 2. The van der Waals surface area contributed by atoms with Gasteiger partial charge in [0.05, 0.1) is 30.4 Å². The SMILES string of the molecule is Nc1ncccc1NCc1cc(CC(=O)c2ccc(OCc3ccco3)cn2)ccn1. The minimum Gasteiger partial charge on any atom is -0.484 e. The van der Waals surface area contributed by atoms with Gasteiger partial charge in [-0.25, -0.2) is 9.97 Å². The highest BCUT2D eigenvalue weighted by atomic mass is 16.5. The van der Waals surface area contributed by atoms with Crippen molar-refractivity contribution < 1.29 is 13.9 Å². The number of aromatic nitrogens is 3. The van der Waals surface area contributed by atoms with Crippen molar-refractivity contribution in [3.63, 3.8) is 0 Å². The summed E-state index contributed by atoms with van der Waals surface area (Å²) in [5.41, 5.74) is 8.61. The van der Waals surface area contributed by atoms with Crippen LogP contribution < -0.4 is 15.8 Å². The smallest absolute Gasteiger partial charge is 0.185 e. The summed E-state index contributed by atoms with van der Waals surface area (Å²) in [6, 6.07) is 14.4. The maximum atomic E-state index is 12.6. The van der Waals surface area contributed by atoms with Crippen LogP contribution in [0.4, 0.5) is 11.5 Å². The van der Waals surface area contributed by atoms with Crippen molar-refractivity contribution in [1.29, 1.82) is 0 Å². The minimum absolute atomic E-state index is 0.0841. The Balaban J connectivity index is 1.33. The fourth-order valence-electron chi connectivity index (χ4n) is 2.94. The molecular weight excluding hydrogens is 394 g/mol. The molecule has 0 atom stereocenters. The standard InChI is InChI=1S/C23H21N5O3/c24-23-21(4-1-8-26-23)27-13-17-11-16(7-9-25-17)12-22(29)20-6-5-18(14-28-20)31-15-19-3-2-10-30-19/h1-11,14,27H,12-13,15H2,(H2,24,26). The van der Waals surface area contributed by atoms with Crippen molar-refractivity contribution in [3.05, 3.63) is 96.1 Å². The molecule has 0 fully saturated rings. The van der Waals surface area contributed by atoms with Crippen LogP contribution in [0.1, 0.15) is 27.5 Å². The Bertz CT molecular complexity index is 1140. The fraction of sp³-hybridized carbons (Fsp3) is 0.130. The molecule has 8 heteroatoms. The number of nitrogens with zero attached hydrogens (tertiary/aromatic N) is 3. The maximum Gasteiger partial charge on any atom is 0.185 e. The van der Waals surface area contributed by atoms with Gasteiger partial charge in [-0.2, -0.15) is 0 Å². The van der Waals surface area contributed by atoms with Crippen LogP contribution in [0.25, 0.3) is 0 Å². The number of pyridine rings is 3. The van der Waals surface area contributed by atoms with Crippen molar-refractivity contribution in [2.75, 3.05) is 11.1 Å². The maximum absolute atomic E-state index is 12.6. The van der Waals surface area contributed by atoms with Crippen LogP contribution in [0.15, 0.2) is 77.8 Å². The van der Waals surface area contributed by atoms with Gasteiger partial charge in [0.1, 0.15) is 29.6 Å². The highest BCUT2D eigenvalue weighted by Crippen LogP contribution is 2.16. The number of nitrogen functional groups attached to an aromatic ring is 1. The fourth-order valence-corrected chi connectivity index (χ4v) is 2.94. The first kappa shape index (κ1) is 20.1. The molecule has 0 aromatic carbocycles.